The molecule has 4 heterocycles. The number of anilines is 1. The van der Waals surface area contributed by atoms with E-state index in [9.17, 15) is 9.59 Å². The summed E-state index contributed by atoms with van der Waals surface area (Å²) < 4.78 is 6.95. The van der Waals surface area contributed by atoms with E-state index in [4.69, 9.17) is 21.8 Å². The highest BCUT2D eigenvalue weighted by molar-refractivity contribution is 6.30. The molecule has 0 unspecified atom stereocenters. The highest BCUT2D eigenvalue weighted by Gasteiger charge is 2.26. The van der Waals surface area contributed by atoms with E-state index in [1.807, 2.05) is 24.3 Å². The summed E-state index contributed by atoms with van der Waals surface area (Å²) in [6, 6.07) is 12.8. The van der Waals surface area contributed by atoms with E-state index in [1.165, 1.54) is 17.0 Å². The van der Waals surface area contributed by atoms with Crippen LogP contribution in [0.5, 0.6) is 0 Å². The van der Waals surface area contributed by atoms with E-state index in [0.29, 0.717) is 48.3 Å². The number of primary amides is 1. The molecule has 1 aliphatic heterocycles. The van der Waals surface area contributed by atoms with Crippen molar-refractivity contribution >= 4 is 34.7 Å². The van der Waals surface area contributed by atoms with Crippen molar-refractivity contribution in [3.8, 4) is 11.5 Å². The number of rotatable bonds is 4. The Morgan fingerprint density at radius 3 is 2.56 bits per heavy atom. The van der Waals surface area contributed by atoms with Crippen LogP contribution < -0.4 is 10.6 Å². The van der Waals surface area contributed by atoms with Gasteiger partial charge in [0.05, 0.1) is 6.26 Å². The molecule has 1 aromatic carbocycles. The summed E-state index contributed by atoms with van der Waals surface area (Å²) in [4.78, 5) is 37.8. The largest absolute Gasteiger partial charge is 0.463 e. The lowest BCUT2D eigenvalue weighted by molar-refractivity contribution is 0.0739. The number of nitrogens with two attached hydrogens (primary N) is 1. The molecule has 2 amide bonds. The highest BCUT2D eigenvalue weighted by Crippen LogP contribution is 2.24. The minimum atomic E-state index is -0.717. The minimum absolute atomic E-state index is 0.00164. The second kappa shape index (κ2) is 8.01. The molecule has 1 saturated heterocycles. The molecule has 0 atom stereocenters. The number of carbonyl (C=O) groups is 2. The van der Waals surface area contributed by atoms with Gasteiger partial charge in [-0.1, -0.05) is 17.7 Å². The average Bonchev–Trinajstić information content (AvgIpc) is 3.48. The summed E-state index contributed by atoms with van der Waals surface area (Å²) in [7, 11) is 0. The molecule has 2 N–H and O–H groups in total. The normalized spacial score (nSPS) is 14.2. The second-order valence-corrected chi connectivity index (χ2v) is 7.85. The zero-order valence-electron chi connectivity index (χ0n) is 16.9. The molecule has 0 saturated carbocycles. The molecule has 162 valence electrons. The van der Waals surface area contributed by atoms with Crippen LogP contribution in [0.25, 0.3) is 17.1 Å². The third-order valence-electron chi connectivity index (χ3n) is 5.47. The first-order valence-corrected chi connectivity index (χ1v) is 10.4. The number of benzene rings is 1. The zero-order chi connectivity index (χ0) is 22.2. The van der Waals surface area contributed by atoms with Gasteiger partial charge in [-0.25, -0.2) is 9.97 Å². The van der Waals surface area contributed by atoms with Crippen LogP contribution in [0.1, 0.15) is 21.0 Å². The van der Waals surface area contributed by atoms with Crippen molar-refractivity contribution in [3.63, 3.8) is 0 Å². The van der Waals surface area contributed by atoms with Crippen LogP contribution in [0.4, 0.5) is 5.69 Å². The van der Waals surface area contributed by atoms with Gasteiger partial charge in [-0.2, -0.15) is 0 Å². The fraction of sp³-hybridized carbons (Fsp3) is 0.182. The van der Waals surface area contributed by atoms with Gasteiger partial charge in [0.1, 0.15) is 17.7 Å². The number of carbonyl (C=O) groups excluding carboxylic acids is 2. The molecular weight excluding hydrogens is 432 g/mol. The average molecular weight is 451 g/mol. The third-order valence-corrected chi connectivity index (χ3v) is 5.70. The van der Waals surface area contributed by atoms with Crippen molar-refractivity contribution in [2.24, 2.45) is 5.73 Å². The van der Waals surface area contributed by atoms with Crippen molar-refractivity contribution < 1.29 is 14.0 Å². The van der Waals surface area contributed by atoms with Gasteiger partial charge in [-0.05, 0) is 36.4 Å². The Hall–Kier alpha value is -3.85. The van der Waals surface area contributed by atoms with Gasteiger partial charge in [-0.3, -0.25) is 14.0 Å². The summed E-state index contributed by atoms with van der Waals surface area (Å²) in [6.45, 7) is 2.40. The molecule has 3 aromatic heterocycles. The molecule has 1 fully saturated rings. The van der Waals surface area contributed by atoms with E-state index < -0.39 is 5.91 Å². The van der Waals surface area contributed by atoms with E-state index in [2.05, 4.69) is 14.9 Å². The highest BCUT2D eigenvalue weighted by atomic mass is 35.5. The van der Waals surface area contributed by atoms with E-state index >= 15 is 0 Å². The SMILES string of the molecule is NC(=O)c1ncn2c(C(=O)N3CCN(c4cccc(Cl)c4)CC3)cc(-c3ccco3)nc12. The van der Waals surface area contributed by atoms with Crippen LogP contribution in [-0.4, -0.2) is 57.3 Å². The Morgan fingerprint density at radius 1 is 1.06 bits per heavy atom. The van der Waals surface area contributed by atoms with Crippen LogP contribution in [0.3, 0.4) is 0 Å². The van der Waals surface area contributed by atoms with Crippen molar-refractivity contribution in [1.82, 2.24) is 19.3 Å². The fourth-order valence-corrected chi connectivity index (χ4v) is 4.05. The van der Waals surface area contributed by atoms with Crippen molar-refractivity contribution in [1.29, 1.82) is 0 Å². The lowest BCUT2D eigenvalue weighted by Gasteiger charge is -2.36. The lowest BCUT2D eigenvalue weighted by Crippen LogP contribution is -2.49. The van der Waals surface area contributed by atoms with E-state index in [1.54, 1.807) is 23.1 Å². The van der Waals surface area contributed by atoms with Crippen LogP contribution in [-0.2, 0) is 0 Å². The minimum Gasteiger partial charge on any atom is -0.463 e. The fourth-order valence-electron chi connectivity index (χ4n) is 3.86. The first kappa shape index (κ1) is 20.1. The maximum Gasteiger partial charge on any atom is 0.271 e. The Bertz CT molecular complexity index is 1310. The van der Waals surface area contributed by atoms with Crippen LogP contribution in [0.15, 0.2) is 59.5 Å². The second-order valence-electron chi connectivity index (χ2n) is 7.41. The van der Waals surface area contributed by atoms with Crippen LogP contribution >= 0.6 is 11.6 Å². The number of hydrogen-bond acceptors (Lipinski definition) is 6. The monoisotopic (exact) mass is 450 g/mol. The standard InChI is InChI=1S/C22H19ClN6O3/c23-14-3-1-4-15(11-14)27-6-8-28(9-7-27)22(31)17-12-16(18-5-2-10-32-18)26-21-19(20(24)30)25-13-29(17)21/h1-5,10-13H,6-9H2,(H2,24,30). The number of aromatic nitrogens is 3. The predicted molar refractivity (Wildman–Crippen MR) is 119 cm³/mol. The first-order valence-electron chi connectivity index (χ1n) is 10.0. The predicted octanol–water partition coefficient (Wildman–Crippen LogP) is 2.70. The van der Waals surface area contributed by atoms with Gasteiger partial charge in [-0.15, -0.1) is 0 Å². The molecule has 0 bridgehead atoms. The molecule has 0 spiro atoms. The van der Waals surface area contributed by atoms with Gasteiger partial charge in [0, 0.05) is 36.9 Å². The quantitative estimate of drug-likeness (QED) is 0.512. The summed E-state index contributed by atoms with van der Waals surface area (Å²) in [6.07, 6.45) is 2.91. The van der Waals surface area contributed by atoms with Crippen LogP contribution in [0, 0.1) is 0 Å². The molecule has 9 nitrogen and oxygen atoms in total. The topological polar surface area (TPSA) is 110 Å². The molecule has 10 heteroatoms. The Labute approximate surface area is 188 Å². The Kier molecular flexibility index (Phi) is 5.02. The number of hydrogen-bond donors (Lipinski definition) is 1. The number of fused-ring (bicyclic) bond motifs is 1. The smallest absolute Gasteiger partial charge is 0.271 e. The number of amides is 2. The van der Waals surface area contributed by atoms with Crippen molar-refractivity contribution in [2.75, 3.05) is 31.1 Å². The number of piperazine rings is 1. The van der Waals surface area contributed by atoms with Gasteiger partial charge >= 0.3 is 0 Å². The summed E-state index contributed by atoms with van der Waals surface area (Å²) in [5.41, 5.74) is 7.45. The van der Waals surface area contributed by atoms with Crippen LogP contribution in [0.2, 0.25) is 5.02 Å². The summed E-state index contributed by atoms with van der Waals surface area (Å²) in [5, 5.41) is 0.677. The zero-order valence-corrected chi connectivity index (χ0v) is 17.7. The number of nitrogens with zero attached hydrogens (tertiary/aromatic N) is 5. The number of halogens is 1. The van der Waals surface area contributed by atoms with Gasteiger partial charge in [0.15, 0.2) is 17.1 Å². The van der Waals surface area contributed by atoms with Gasteiger partial charge in [0.2, 0.25) is 0 Å². The molecule has 0 radical (unpaired) electrons. The molecule has 4 aromatic rings. The first-order chi connectivity index (χ1) is 15.5. The summed E-state index contributed by atoms with van der Waals surface area (Å²) in [5.74, 6) is -0.432. The molecule has 32 heavy (non-hydrogen) atoms. The molecule has 1 aliphatic rings. The maximum atomic E-state index is 13.5. The van der Waals surface area contributed by atoms with Crippen molar-refractivity contribution in [3.05, 3.63) is 71.5 Å². The Morgan fingerprint density at radius 2 is 1.88 bits per heavy atom. The molecule has 0 aliphatic carbocycles. The third kappa shape index (κ3) is 3.56. The number of furan rings is 1. The molecule has 5 rings (SSSR count). The van der Waals surface area contributed by atoms with Gasteiger partial charge in [0.25, 0.3) is 11.8 Å². The lowest BCUT2D eigenvalue weighted by atomic mass is 10.2. The Balaban J connectivity index is 1.46. The van der Waals surface area contributed by atoms with E-state index in [-0.39, 0.29) is 17.2 Å². The molecular formula is C22H19ClN6O3. The van der Waals surface area contributed by atoms with Gasteiger partial charge < -0.3 is 20.0 Å². The van der Waals surface area contributed by atoms with E-state index in [0.717, 1.165) is 5.69 Å². The number of imidazole rings is 1. The maximum absolute atomic E-state index is 13.5. The summed E-state index contributed by atoms with van der Waals surface area (Å²) >= 11 is 6.11. The van der Waals surface area contributed by atoms with Crippen molar-refractivity contribution in [2.45, 2.75) is 0 Å².